The van der Waals surface area contributed by atoms with Gasteiger partial charge in [0.1, 0.15) is 24.5 Å². The van der Waals surface area contributed by atoms with Crippen molar-refractivity contribution in [2.45, 2.75) is 0 Å². The van der Waals surface area contributed by atoms with E-state index >= 15 is 0 Å². The van der Waals surface area contributed by atoms with Gasteiger partial charge in [0.05, 0.1) is 5.56 Å². The fourth-order valence-corrected chi connectivity index (χ4v) is 2.75. The van der Waals surface area contributed by atoms with Crippen LogP contribution in [0.5, 0.6) is 17.2 Å². The van der Waals surface area contributed by atoms with Crippen LogP contribution in [0.25, 0.3) is 22.1 Å². The maximum Gasteiger partial charge on any atom is 0.344 e. The minimum atomic E-state index is -0.583. The van der Waals surface area contributed by atoms with Gasteiger partial charge in [-0.1, -0.05) is 6.07 Å². The summed E-state index contributed by atoms with van der Waals surface area (Å²) in [6.07, 6.45) is 0. The number of carbonyl (C=O) groups excluding carboxylic acids is 1. The van der Waals surface area contributed by atoms with Crippen LogP contribution in [-0.4, -0.2) is 25.7 Å². The van der Waals surface area contributed by atoms with Crippen LogP contribution in [0.15, 0.2) is 51.7 Å². The molecule has 4 rings (SSSR count). The smallest absolute Gasteiger partial charge is 0.344 e. The molecule has 7 heteroatoms. The first kappa shape index (κ1) is 16.0. The van der Waals surface area contributed by atoms with Crippen molar-refractivity contribution in [1.29, 1.82) is 0 Å². The van der Waals surface area contributed by atoms with Crippen molar-refractivity contribution in [1.82, 2.24) is 0 Å². The van der Waals surface area contributed by atoms with E-state index in [1.165, 1.54) is 0 Å². The van der Waals surface area contributed by atoms with Gasteiger partial charge in [-0.05, 0) is 35.9 Å². The monoisotopic (exact) mass is 353 g/mol. The number of ether oxygens (including phenoxy) is 3. The third-order valence-electron chi connectivity index (χ3n) is 3.94. The molecule has 0 fully saturated rings. The highest BCUT2D eigenvalue weighted by Gasteiger charge is 2.15. The molecule has 0 spiro atoms. The predicted octanol–water partition coefficient (Wildman–Crippen LogP) is 2.10. The van der Waals surface area contributed by atoms with E-state index in [0.29, 0.717) is 47.2 Å². The summed E-state index contributed by atoms with van der Waals surface area (Å²) in [5, 5.41) is 0.723. The van der Waals surface area contributed by atoms with Crippen LogP contribution in [0.2, 0.25) is 0 Å². The Balaban J connectivity index is 1.72. The van der Waals surface area contributed by atoms with Crippen molar-refractivity contribution in [2.75, 3.05) is 19.8 Å². The Morgan fingerprint density at radius 2 is 1.85 bits per heavy atom. The lowest BCUT2D eigenvalue weighted by molar-refractivity contribution is -0.119. The van der Waals surface area contributed by atoms with Gasteiger partial charge >= 0.3 is 5.63 Å². The summed E-state index contributed by atoms with van der Waals surface area (Å²) in [5.74, 6) is 1.07. The molecular weight excluding hydrogens is 338 g/mol. The van der Waals surface area contributed by atoms with E-state index in [1.54, 1.807) is 42.5 Å². The zero-order valence-electron chi connectivity index (χ0n) is 13.7. The van der Waals surface area contributed by atoms with Gasteiger partial charge in [0.15, 0.2) is 18.1 Å². The fraction of sp³-hybridized carbons (Fsp3) is 0.158. The molecule has 7 nitrogen and oxygen atoms in total. The molecular formula is C19H15NO6. The molecule has 0 unspecified atom stereocenters. The van der Waals surface area contributed by atoms with Crippen LogP contribution in [0.3, 0.4) is 0 Å². The molecule has 1 aromatic heterocycles. The molecule has 132 valence electrons. The SMILES string of the molecule is NC(=O)COc1ccc2cc(-c3ccc4c(c3)OCCO4)c(=O)oc2c1. The molecule has 1 aliphatic heterocycles. The number of carbonyl (C=O) groups is 1. The van der Waals surface area contributed by atoms with Crippen LogP contribution in [0.4, 0.5) is 0 Å². The van der Waals surface area contributed by atoms with Gasteiger partial charge in [0.2, 0.25) is 0 Å². The van der Waals surface area contributed by atoms with E-state index in [9.17, 15) is 9.59 Å². The second-order valence-electron chi connectivity index (χ2n) is 5.76. The molecule has 0 saturated heterocycles. The quantitative estimate of drug-likeness (QED) is 0.721. The predicted molar refractivity (Wildman–Crippen MR) is 93.6 cm³/mol. The van der Waals surface area contributed by atoms with Crippen molar-refractivity contribution in [3.8, 4) is 28.4 Å². The number of amides is 1. The highest BCUT2D eigenvalue weighted by atomic mass is 16.6. The summed E-state index contributed by atoms with van der Waals surface area (Å²) < 4.78 is 21.7. The molecule has 0 atom stereocenters. The van der Waals surface area contributed by atoms with E-state index in [4.69, 9.17) is 24.4 Å². The molecule has 0 aliphatic carbocycles. The van der Waals surface area contributed by atoms with Crippen LogP contribution in [-0.2, 0) is 4.79 Å². The second kappa shape index (κ2) is 6.44. The standard InChI is InChI=1S/C19H15NO6/c20-18(21)10-25-13-3-1-12-7-14(19(22)26-16(12)9-13)11-2-4-15-17(8-11)24-6-5-23-15/h1-4,7-9H,5-6,10H2,(H2,20,21). The number of fused-ring (bicyclic) bond motifs is 2. The zero-order valence-corrected chi connectivity index (χ0v) is 13.7. The minimum absolute atomic E-state index is 0.245. The maximum atomic E-state index is 12.4. The average molecular weight is 353 g/mol. The van der Waals surface area contributed by atoms with Gasteiger partial charge in [-0.15, -0.1) is 0 Å². The molecule has 2 aromatic carbocycles. The summed E-state index contributed by atoms with van der Waals surface area (Å²) in [7, 11) is 0. The third-order valence-corrected chi connectivity index (χ3v) is 3.94. The Kier molecular flexibility index (Phi) is 3.96. The first-order valence-corrected chi connectivity index (χ1v) is 7.99. The summed E-state index contributed by atoms with van der Waals surface area (Å²) in [4.78, 5) is 23.2. The van der Waals surface area contributed by atoms with Crippen LogP contribution in [0, 0.1) is 0 Å². The van der Waals surface area contributed by atoms with Crippen LogP contribution >= 0.6 is 0 Å². The molecule has 0 radical (unpaired) electrons. The fourth-order valence-electron chi connectivity index (χ4n) is 2.75. The van der Waals surface area contributed by atoms with Crippen molar-refractivity contribution in [2.24, 2.45) is 5.73 Å². The molecule has 26 heavy (non-hydrogen) atoms. The van der Waals surface area contributed by atoms with E-state index in [2.05, 4.69) is 0 Å². The lowest BCUT2D eigenvalue weighted by Crippen LogP contribution is -2.19. The minimum Gasteiger partial charge on any atom is -0.486 e. The van der Waals surface area contributed by atoms with Crippen LogP contribution < -0.4 is 25.6 Å². The van der Waals surface area contributed by atoms with Gasteiger partial charge in [0.25, 0.3) is 5.91 Å². The Hall–Kier alpha value is -3.48. The highest BCUT2D eigenvalue weighted by molar-refractivity contribution is 5.83. The summed E-state index contributed by atoms with van der Waals surface area (Å²) in [5.41, 5.74) is 6.02. The topological polar surface area (TPSA) is 101 Å². The van der Waals surface area contributed by atoms with E-state index in [0.717, 1.165) is 5.39 Å². The Morgan fingerprint density at radius 1 is 1.04 bits per heavy atom. The highest BCUT2D eigenvalue weighted by Crippen LogP contribution is 2.34. The average Bonchev–Trinajstić information content (AvgIpc) is 2.65. The van der Waals surface area contributed by atoms with Crippen molar-refractivity contribution < 1.29 is 23.4 Å². The van der Waals surface area contributed by atoms with Crippen molar-refractivity contribution in [3.05, 3.63) is 52.9 Å². The normalized spacial score (nSPS) is 12.8. The second-order valence-corrected chi connectivity index (χ2v) is 5.76. The zero-order chi connectivity index (χ0) is 18.1. The summed E-state index contributed by atoms with van der Waals surface area (Å²) in [6.45, 7) is 0.729. The Morgan fingerprint density at radius 3 is 2.65 bits per heavy atom. The number of nitrogens with two attached hydrogens (primary N) is 1. The van der Waals surface area contributed by atoms with Gasteiger partial charge in [-0.3, -0.25) is 4.79 Å². The van der Waals surface area contributed by atoms with E-state index in [1.807, 2.05) is 0 Å². The number of primary amides is 1. The Labute approximate surface area is 147 Å². The van der Waals surface area contributed by atoms with Crippen molar-refractivity contribution >= 4 is 16.9 Å². The summed E-state index contributed by atoms with van der Waals surface area (Å²) >= 11 is 0. The van der Waals surface area contributed by atoms with Gasteiger partial charge in [-0.25, -0.2) is 4.79 Å². The summed E-state index contributed by atoms with van der Waals surface area (Å²) in [6, 6.07) is 12.0. The number of rotatable bonds is 4. The van der Waals surface area contributed by atoms with Crippen molar-refractivity contribution in [3.63, 3.8) is 0 Å². The molecule has 2 heterocycles. The molecule has 1 amide bonds. The number of hydrogen-bond acceptors (Lipinski definition) is 6. The number of benzene rings is 2. The number of hydrogen-bond donors (Lipinski definition) is 1. The molecule has 0 bridgehead atoms. The van der Waals surface area contributed by atoms with E-state index < -0.39 is 11.5 Å². The molecule has 2 N–H and O–H groups in total. The van der Waals surface area contributed by atoms with E-state index in [-0.39, 0.29) is 6.61 Å². The van der Waals surface area contributed by atoms with Gasteiger partial charge < -0.3 is 24.4 Å². The molecule has 0 saturated carbocycles. The largest absolute Gasteiger partial charge is 0.486 e. The Bertz CT molecular complexity index is 1060. The van der Waals surface area contributed by atoms with Gasteiger partial charge in [0, 0.05) is 11.5 Å². The third kappa shape index (κ3) is 3.06. The first-order chi connectivity index (χ1) is 12.6. The van der Waals surface area contributed by atoms with Crippen LogP contribution in [0.1, 0.15) is 0 Å². The lowest BCUT2D eigenvalue weighted by Gasteiger charge is -2.18. The lowest BCUT2D eigenvalue weighted by atomic mass is 10.1. The first-order valence-electron chi connectivity index (χ1n) is 7.99. The maximum absolute atomic E-state index is 12.4. The molecule has 3 aromatic rings. The molecule has 1 aliphatic rings. The van der Waals surface area contributed by atoms with Gasteiger partial charge in [-0.2, -0.15) is 0 Å².